The second-order valence-electron chi connectivity index (χ2n) is 4.58. The van der Waals surface area contributed by atoms with Gasteiger partial charge in [-0.3, -0.25) is 0 Å². The summed E-state index contributed by atoms with van der Waals surface area (Å²) in [6, 6.07) is 8.06. The Balaban J connectivity index is 0. The summed E-state index contributed by atoms with van der Waals surface area (Å²) in [4.78, 5) is 10.1. The van der Waals surface area contributed by atoms with Crippen molar-refractivity contribution in [2.45, 2.75) is 34.6 Å². The van der Waals surface area contributed by atoms with Crippen LogP contribution in [0.2, 0.25) is 0 Å². The van der Waals surface area contributed by atoms with Crippen molar-refractivity contribution in [2.24, 2.45) is 0 Å². The summed E-state index contributed by atoms with van der Waals surface area (Å²) in [6.07, 6.45) is 0. The minimum atomic E-state index is -1.13. The fourth-order valence-electron chi connectivity index (χ4n) is 1.92. The Morgan fingerprint density at radius 2 is 1.29 bits per heavy atom. The number of carbonyl (C=O) groups is 1. The molecule has 4 nitrogen and oxygen atoms in total. The van der Waals surface area contributed by atoms with E-state index in [-0.39, 0.29) is 12.2 Å². The highest BCUT2D eigenvalue weighted by Crippen LogP contribution is 2.03. The lowest BCUT2D eigenvalue weighted by molar-refractivity contribution is -0.921. The predicted molar refractivity (Wildman–Crippen MR) is 86.0 cm³/mol. The van der Waals surface area contributed by atoms with Crippen LogP contribution in [-0.4, -0.2) is 48.3 Å². The molecule has 0 atom stereocenters. The monoisotopic (exact) mass is 297 g/mol. The van der Waals surface area contributed by atoms with Gasteiger partial charge in [0.1, 0.15) is 0 Å². The topological polar surface area (TPSA) is 60.4 Å². The number of aromatic carboxylic acids is 1. The van der Waals surface area contributed by atoms with Crippen molar-refractivity contribution >= 4 is 5.97 Å². The van der Waals surface area contributed by atoms with E-state index in [0.717, 1.165) is 0 Å². The maximum absolute atomic E-state index is 10.1. The second kappa shape index (κ2) is 13.6. The number of aliphatic hydroxyl groups excluding tert-OH is 1. The van der Waals surface area contributed by atoms with Crippen LogP contribution in [0.15, 0.2) is 30.3 Å². The molecule has 0 aliphatic rings. The molecule has 122 valence electrons. The molecule has 0 fully saturated rings. The van der Waals surface area contributed by atoms with Crippen LogP contribution in [0.5, 0.6) is 0 Å². The van der Waals surface area contributed by atoms with Crippen LogP contribution in [0.1, 0.15) is 45.0 Å². The Labute approximate surface area is 129 Å². The third-order valence-electron chi connectivity index (χ3n) is 3.69. The van der Waals surface area contributed by atoms with Gasteiger partial charge in [-0.05, 0) is 40.2 Å². The van der Waals surface area contributed by atoms with E-state index in [4.69, 9.17) is 5.11 Å². The summed E-state index contributed by atoms with van der Waals surface area (Å²) in [5, 5.41) is 17.7. The largest absolute Gasteiger partial charge is 0.545 e. The van der Waals surface area contributed by atoms with Gasteiger partial charge in [0.15, 0.2) is 0 Å². The fourth-order valence-corrected chi connectivity index (χ4v) is 1.92. The summed E-state index contributed by atoms with van der Waals surface area (Å²) in [5.74, 6) is -1.13. The molecule has 21 heavy (non-hydrogen) atoms. The van der Waals surface area contributed by atoms with Gasteiger partial charge in [-0.25, -0.2) is 0 Å². The molecule has 0 aliphatic heterocycles. The van der Waals surface area contributed by atoms with Gasteiger partial charge in [-0.1, -0.05) is 30.3 Å². The number of benzene rings is 1. The van der Waals surface area contributed by atoms with Crippen LogP contribution in [0.25, 0.3) is 0 Å². The molecule has 0 heterocycles. The summed E-state index contributed by atoms with van der Waals surface area (Å²) in [5.41, 5.74) is 0.220. The van der Waals surface area contributed by atoms with E-state index in [1.54, 1.807) is 25.1 Å². The Morgan fingerprint density at radius 1 is 0.952 bits per heavy atom. The van der Waals surface area contributed by atoms with E-state index in [9.17, 15) is 9.90 Å². The first-order valence-corrected chi connectivity index (χ1v) is 7.69. The number of quaternary nitrogens is 1. The molecule has 4 heteroatoms. The lowest BCUT2D eigenvalue weighted by atomic mass is 10.2. The molecule has 0 aliphatic carbocycles. The molecule has 0 bridgehead atoms. The molecule has 0 aromatic heterocycles. The predicted octanol–water partition coefficient (Wildman–Crippen LogP) is 1.93. The molecule has 0 saturated carbocycles. The van der Waals surface area contributed by atoms with Gasteiger partial charge in [-0.2, -0.15) is 0 Å². The van der Waals surface area contributed by atoms with Crippen molar-refractivity contribution in [2.75, 3.05) is 32.8 Å². The van der Waals surface area contributed by atoms with Crippen molar-refractivity contribution < 1.29 is 19.5 Å². The number of carboxylic acid groups (broad SMARTS) is 1. The normalized spacial score (nSPS) is 9.81. The number of hydrogen-bond acceptors (Lipinski definition) is 3. The first-order chi connectivity index (χ1) is 9.96. The zero-order valence-corrected chi connectivity index (χ0v) is 14.1. The van der Waals surface area contributed by atoms with Gasteiger partial charge in [0.05, 0.1) is 32.1 Å². The zero-order valence-electron chi connectivity index (χ0n) is 14.1. The van der Waals surface area contributed by atoms with E-state index in [0.29, 0.717) is 0 Å². The molecule has 0 saturated heterocycles. The summed E-state index contributed by atoms with van der Waals surface area (Å²) in [7, 11) is 0. The lowest BCUT2D eigenvalue weighted by Crippen LogP contribution is -2.47. The van der Waals surface area contributed by atoms with E-state index >= 15 is 0 Å². The minimum absolute atomic E-state index is 0.220. The summed E-state index contributed by atoms with van der Waals surface area (Å²) < 4.78 is 1.28. The van der Waals surface area contributed by atoms with Gasteiger partial charge < -0.3 is 19.5 Å². The molecule has 0 radical (unpaired) electrons. The van der Waals surface area contributed by atoms with Crippen molar-refractivity contribution in [1.29, 1.82) is 0 Å². The van der Waals surface area contributed by atoms with Crippen LogP contribution in [-0.2, 0) is 0 Å². The standard InChI is InChI=1S/C8H20N.C7H6O2.C2H6O/c1-5-9(6-2,7-3)8-4;8-7(9)6-4-2-1-3-5-6;1-2-3/h5-8H2,1-4H3;1-5H,(H,8,9);3H,2H2,1H3/q+1;;/p-1. The van der Waals surface area contributed by atoms with Gasteiger partial charge in [0, 0.05) is 6.61 Å². The molecule has 1 N–H and O–H groups in total. The molecule has 1 aromatic rings. The van der Waals surface area contributed by atoms with Crippen LogP contribution >= 0.6 is 0 Å². The van der Waals surface area contributed by atoms with Gasteiger partial charge >= 0.3 is 0 Å². The highest BCUT2D eigenvalue weighted by Gasteiger charge is 2.16. The first-order valence-electron chi connectivity index (χ1n) is 7.69. The summed E-state index contributed by atoms with van der Waals surface area (Å²) >= 11 is 0. The number of hydrogen-bond donors (Lipinski definition) is 1. The SMILES string of the molecule is CCO.CC[N+](CC)(CC)CC.O=C([O-])c1ccccc1. The first kappa shape index (κ1) is 21.9. The quantitative estimate of drug-likeness (QED) is 0.845. The van der Waals surface area contributed by atoms with Crippen LogP contribution < -0.4 is 5.11 Å². The average molecular weight is 297 g/mol. The maximum Gasteiger partial charge on any atom is 0.0757 e. The van der Waals surface area contributed by atoms with E-state index < -0.39 is 5.97 Å². The lowest BCUT2D eigenvalue weighted by Gasteiger charge is -2.34. The van der Waals surface area contributed by atoms with E-state index in [2.05, 4.69) is 27.7 Å². The Kier molecular flexibility index (Phi) is 14.2. The van der Waals surface area contributed by atoms with E-state index in [1.807, 2.05) is 0 Å². The van der Waals surface area contributed by atoms with Gasteiger partial charge in [0.25, 0.3) is 0 Å². The van der Waals surface area contributed by atoms with Gasteiger partial charge in [-0.15, -0.1) is 0 Å². The molecule has 0 unspecified atom stereocenters. The Morgan fingerprint density at radius 3 is 1.43 bits per heavy atom. The molecule has 1 aromatic carbocycles. The molecule has 0 spiro atoms. The van der Waals surface area contributed by atoms with Crippen molar-refractivity contribution in [3.8, 4) is 0 Å². The summed E-state index contributed by atoms with van der Waals surface area (Å²) in [6.45, 7) is 16.2. The van der Waals surface area contributed by atoms with Crippen LogP contribution in [0.3, 0.4) is 0 Å². The maximum atomic E-state index is 10.1. The second-order valence-corrected chi connectivity index (χ2v) is 4.58. The zero-order chi connectivity index (χ0) is 16.7. The molecular formula is C17H31NO3. The molecular weight excluding hydrogens is 266 g/mol. The number of aliphatic hydroxyl groups is 1. The van der Waals surface area contributed by atoms with Crippen molar-refractivity contribution in [1.82, 2.24) is 0 Å². The van der Waals surface area contributed by atoms with Crippen molar-refractivity contribution in [3.63, 3.8) is 0 Å². The van der Waals surface area contributed by atoms with Crippen LogP contribution in [0, 0.1) is 0 Å². The van der Waals surface area contributed by atoms with E-state index in [1.165, 1.54) is 42.8 Å². The Bertz CT molecular complexity index is 331. The molecule has 0 amide bonds. The number of carbonyl (C=O) groups excluding carboxylic acids is 1. The number of rotatable bonds is 5. The Hall–Kier alpha value is -1.39. The number of carboxylic acids is 1. The average Bonchev–Trinajstić information content (AvgIpc) is 2.52. The van der Waals surface area contributed by atoms with Crippen LogP contribution in [0.4, 0.5) is 0 Å². The third kappa shape index (κ3) is 10.0. The molecule has 1 rings (SSSR count). The number of nitrogens with zero attached hydrogens (tertiary/aromatic N) is 1. The van der Waals surface area contributed by atoms with Crippen molar-refractivity contribution in [3.05, 3.63) is 35.9 Å². The third-order valence-corrected chi connectivity index (χ3v) is 3.69. The fraction of sp³-hybridized carbons (Fsp3) is 0.588. The minimum Gasteiger partial charge on any atom is -0.545 e. The highest BCUT2D eigenvalue weighted by atomic mass is 16.4. The highest BCUT2D eigenvalue weighted by molar-refractivity contribution is 5.85. The van der Waals surface area contributed by atoms with Gasteiger partial charge in [0.2, 0.25) is 0 Å². The smallest absolute Gasteiger partial charge is 0.0757 e.